The van der Waals surface area contributed by atoms with E-state index in [2.05, 4.69) is 26.5 Å². The molecule has 0 aliphatic rings. The number of anilines is 1. The Kier molecular flexibility index (Phi) is 9.83. The molecule has 9 heteroatoms. The molecule has 1 unspecified atom stereocenters. The number of aromatic amines is 1. The van der Waals surface area contributed by atoms with E-state index in [1.165, 1.54) is 0 Å². The van der Waals surface area contributed by atoms with E-state index in [9.17, 15) is 9.59 Å². The molecule has 0 bridgehead atoms. The van der Waals surface area contributed by atoms with Crippen LogP contribution in [0.25, 0.3) is 33.4 Å². The molecule has 0 radical (unpaired) electrons. The quantitative estimate of drug-likeness (QED) is 0.171. The van der Waals surface area contributed by atoms with E-state index in [0.717, 1.165) is 39.8 Å². The number of aromatic nitrogens is 3. The van der Waals surface area contributed by atoms with Gasteiger partial charge in [-0.05, 0) is 55.3 Å². The third kappa shape index (κ3) is 6.71. The molecule has 2 heterocycles. The van der Waals surface area contributed by atoms with Crippen LogP contribution in [-0.4, -0.2) is 40.9 Å². The summed E-state index contributed by atoms with van der Waals surface area (Å²) in [6.45, 7) is 3.97. The van der Waals surface area contributed by atoms with Crippen molar-refractivity contribution in [2.24, 2.45) is 0 Å². The Morgan fingerprint density at radius 1 is 0.956 bits per heavy atom. The molecular weight excluding hydrogens is 607 g/mol. The van der Waals surface area contributed by atoms with Gasteiger partial charge in [0.05, 0.1) is 23.8 Å². The minimum absolute atomic E-state index is 0.137. The van der Waals surface area contributed by atoms with Gasteiger partial charge in [-0.2, -0.15) is 0 Å². The number of halogens is 2. The van der Waals surface area contributed by atoms with Crippen molar-refractivity contribution < 1.29 is 14.3 Å². The first-order valence-electron chi connectivity index (χ1n) is 14.2. The van der Waals surface area contributed by atoms with Gasteiger partial charge < -0.3 is 19.6 Å². The zero-order valence-corrected chi connectivity index (χ0v) is 26.8. The van der Waals surface area contributed by atoms with Crippen molar-refractivity contribution in [3.63, 3.8) is 0 Å². The number of fused-ring (bicyclic) bond motifs is 1. The standard InChI is InChI=1S/C34H26Cl2N4O2.C2H6O/c1-20-8-9-22(18-41)16-28(20)39-34(42)32-30(27-15-14-26(36)17-29(27)38-32)33-31(24-6-4-3-5-7-24)37-19-40(33)21(2)23-10-12-25(35)13-11-23;1-3-2/h3-19,21,38H,1-2H3,(H,39,42);1-2H3. The van der Waals surface area contributed by atoms with Crippen molar-refractivity contribution in [3.8, 4) is 22.5 Å². The summed E-state index contributed by atoms with van der Waals surface area (Å²) in [5, 5.41) is 5.04. The molecule has 2 aromatic heterocycles. The van der Waals surface area contributed by atoms with Crippen LogP contribution < -0.4 is 5.32 Å². The highest BCUT2D eigenvalue weighted by Gasteiger charge is 2.28. The zero-order chi connectivity index (χ0) is 32.1. The maximum absolute atomic E-state index is 14.1. The SMILES string of the molecule is COC.Cc1ccc(C=O)cc1NC(=O)c1[nH]c2cc(Cl)ccc2c1-c1c(-c2ccccc2)ncn1C(C)c1ccc(Cl)cc1. The van der Waals surface area contributed by atoms with Gasteiger partial charge in [0.1, 0.15) is 12.0 Å². The minimum Gasteiger partial charge on any atom is -0.388 e. The van der Waals surface area contributed by atoms with Crippen LogP contribution in [0.5, 0.6) is 0 Å². The second-order valence-electron chi connectivity index (χ2n) is 10.6. The fraction of sp³-hybridized carbons (Fsp3) is 0.139. The van der Waals surface area contributed by atoms with E-state index in [1.807, 2.05) is 86.0 Å². The van der Waals surface area contributed by atoms with Crippen molar-refractivity contribution in [2.45, 2.75) is 19.9 Å². The molecule has 7 nitrogen and oxygen atoms in total. The normalized spacial score (nSPS) is 11.5. The Balaban J connectivity index is 0.00000128. The Bertz CT molecular complexity index is 1960. The third-order valence-electron chi connectivity index (χ3n) is 7.48. The molecule has 45 heavy (non-hydrogen) atoms. The number of H-pyrrole nitrogens is 1. The predicted molar refractivity (Wildman–Crippen MR) is 183 cm³/mol. The molecule has 2 N–H and O–H groups in total. The van der Waals surface area contributed by atoms with Crippen molar-refractivity contribution in [3.05, 3.63) is 130 Å². The van der Waals surface area contributed by atoms with Gasteiger partial charge in [-0.3, -0.25) is 9.59 Å². The molecule has 228 valence electrons. The number of carbonyl (C=O) groups excluding carboxylic acids is 2. The molecule has 1 atom stereocenters. The van der Waals surface area contributed by atoms with E-state index in [4.69, 9.17) is 28.2 Å². The Hall–Kier alpha value is -4.69. The molecule has 6 rings (SSSR count). The number of nitrogens with zero attached hydrogens (tertiary/aromatic N) is 2. The zero-order valence-electron chi connectivity index (χ0n) is 25.3. The van der Waals surface area contributed by atoms with E-state index in [0.29, 0.717) is 38.1 Å². The molecule has 1 amide bonds. The average Bonchev–Trinajstić information content (AvgIpc) is 3.64. The first kappa shape index (κ1) is 31.7. The Morgan fingerprint density at radius 3 is 2.33 bits per heavy atom. The van der Waals surface area contributed by atoms with Gasteiger partial charge in [0.25, 0.3) is 5.91 Å². The maximum atomic E-state index is 14.1. The summed E-state index contributed by atoms with van der Waals surface area (Å²) in [5.41, 5.74) is 7.09. The fourth-order valence-corrected chi connectivity index (χ4v) is 5.53. The van der Waals surface area contributed by atoms with Crippen LogP contribution in [0.15, 0.2) is 97.3 Å². The van der Waals surface area contributed by atoms with Gasteiger partial charge in [-0.1, -0.05) is 83.9 Å². The third-order valence-corrected chi connectivity index (χ3v) is 7.97. The second-order valence-corrected chi connectivity index (χ2v) is 11.4. The van der Waals surface area contributed by atoms with Crippen LogP contribution in [0.2, 0.25) is 10.0 Å². The number of hydrogen-bond acceptors (Lipinski definition) is 4. The molecule has 0 aliphatic heterocycles. The lowest BCUT2D eigenvalue weighted by atomic mass is 9.99. The smallest absolute Gasteiger partial charge is 0.272 e. The number of imidazole rings is 1. The molecule has 0 fully saturated rings. The molecule has 6 aromatic rings. The monoisotopic (exact) mass is 638 g/mol. The number of rotatable bonds is 7. The number of ether oxygens (including phenoxy) is 1. The van der Waals surface area contributed by atoms with Gasteiger partial charge in [0, 0.05) is 57.5 Å². The molecule has 4 aromatic carbocycles. The van der Waals surface area contributed by atoms with Gasteiger partial charge in [-0.25, -0.2) is 4.98 Å². The van der Waals surface area contributed by atoms with Crippen molar-refractivity contribution >= 4 is 52.0 Å². The first-order chi connectivity index (χ1) is 21.7. The summed E-state index contributed by atoms with van der Waals surface area (Å²) in [6.07, 6.45) is 2.57. The van der Waals surface area contributed by atoms with Crippen LogP contribution in [0.4, 0.5) is 5.69 Å². The van der Waals surface area contributed by atoms with E-state index in [-0.39, 0.29) is 11.9 Å². The van der Waals surface area contributed by atoms with Crippen molar-refractivity contribution in [2.75, 3.05) is 19.5 Å². The highest BCUT2D eigenvalue weighted by atomic mass is 35.5. The van der Waals surface area contributed by atoms with Gasteiger partial charge in [0.2, 0.25) is 0 Å². The Labute approximate surface area is 271 Å². The van der Waals surface area contributed by atoms with Crippen LogP contribution in [0.3, 0.4) is 0 Å². The van der Waals surface area contributed by atoms with Crippen LogP contribution in [0, 0.1) is 6.92 Å². The van der Waals surface area contributed by atoms with Gasteiger partial charge >= 0.3 is 0 Å². The predicted octanol–water partition coefficient (Wildman–Crippen LogP) is 9.25. The fourth-order valence-electron chi connectivity index (χ4n) is 5.23. The molecule has 0 aliphatic carbocycles. The van der Waals surface area contributed by atoms with Crippen LogP contribution in [-0.2, 0) is 4.74 Å². The largest absolute Gasteiger partial charge is 0.388 e. The molecule has 0 saturated carbocycles. The summed E-state index contributed by atoms with van der Waals surface area (Å²) in [4.78, 5) is 33.7. The number of aryl methyl sites for hydroxylation is 1. The van der Waals surface area contributed by atoms with Crippen molar-refractivity contribution in [1.82, 2.24) is 14.5 Å². The van der Waals surface area contributed by atoms with E-state index >= 15 is 0 Å². The van der Waals surface area contributed by atoms with Crippen molar-refractivity contribution in [1.29, 1.82) is 0 Å². The number of carbonyl (C=O) groups is 2. The summed E-state index contributed by atoms with van der Waals surface area (Å²) < 4.78 is 6.33. The topological polar surface area (TPSA) is 89.0 Å². The molecule has 0 saturated heterocycles. The lowest BCUT2D eigenvalue weighted by Gasteiger charge is -2.19. The first-order valence-corrected chi connectivity index (χ1v) is 15.0. The number of methoxy groups -OCH3 is 1. The highest BCUT2D eigenvalue weighted by Crippen LogP contribution is 2.41. The number of aldehydes is 1. The second kappa shape index (κ2) is 13.9. The van der Waals surface area contributed by atoms with Gasteiger partial charge in [-0.15, -0.1) is 0 Å². The maximum Gasteiger partial charge on any atom is 0.272 e. The average molecular weight is 640 g/mol. The summed E-state index contributed by atoms with van der Waals surface area (Å²) in [6, 6.07) is 28.2. The highest BCUT2D eigenvalue weighted by molar-refractivity contribution is 6.31. The van der Waals surface area contributed by atoms with E-state index in [1.54, 1.807) is 32.4 Å². The van der Waals surface area contributed by atoms with Gasteiger partial charge in [0.15, 0.2) is 0 Å². The Morgan fingerprint density at radius 2 is 1.64 bits per heavy atom. The summed E-state index contributed by atoms with van der Waals surface area (Å²) in [5.74, 6) is -0.352. The lowest BCUT2D eigenvalue weighted by molar-refractivity contribution is 0.102. The number of benzene rings is 4. The number of nitrogens with one attached hydrogen (secondary N) is 2. The number of amides is 1. The van der Waals surface area contributed by atoms with Crippen LogP contribution in [0.1, 0.15) is 44.9 Å². The lowest BCUT2D eigenvalue weighted by Crippen LogP contribution is -2.16. The van der Waals surface area contributed by atoms with Crippen LogP contribution >= 0.6 is 23.2 Å². The minimum atomic E-state index is -0.352. The molecular formula is C36H32Cl2N4O3. The molecule has 0 spiro atoms. The summed E-state index contributed by atoms with van der Waals surface area (Å²) >= 11 is 12.6. The summed E-state index contributed by atoms with van der Waals surface area (Å²) in [7, 11) is 3.25. The number of hydrogen-bond donors (Lipinski definition) is 2. The van der Waals surface area contributed by atoms with E-state index < -0.39 is 0 Å².